The molecular weight excluding hydrogens is 232 g/mol. The van der Waals surface area contributed by atoms with Gasteiger partial charge in [0.1, 0.15) is 17.0 Å². The summed E-state index contributed by atoms with van der Waals surface area (Å²) in [6.45, 7) is 0. The summed E-state index contributed by atoms with van der Waals surface area (Å²) in [6.07, 6.45) is 5.24. The number of carbonyl (C=O) groups is 1. The van der Waals surface area contributed by atoms with Gasteiger partial charge in [0.15, 0.2) is 0 Å². The monoisotopic (exact) mass is 242 g/mol. The summed E-state index contributed by atoms with van der Waals surface area (Å²) in [5, 5.41) is 7.90. The van der Waals surface area contributed by atoms with E-state index in [0.29, 0.717) is 5.65 Å². The standard InChI is InChI=1S/C11H10N6O/c1-16-5-8(14-15-16)7-2-3-10-13-9(11(12)18)6-17(10)4-7/h2-6H,1H3,(H2,12,18). The van der Waals surface area contributed by atoms with Gasteiger partial charge in [0.25, 0.3) is 5.91 Å². The molecular formula is C11H10N6O. The van der Waals surface area contributed by atoms with Crippen molar-refractivity contribution in [2.45, 2.75) is 0 Å². The van der Waals surface area contributed by atoms with E-state index >= 15 is 0 Å². The van der Waals surface area contributed by atoms with Crippen LogP contribution >= 0.6 is 0 Å². The van der Waals surface area contributed by atoms with Gasteiger partial charge >= 0.3 is 0 Å². The molecule has 3 rings (SSSR count). The molecule has 0 saturated heterocycles. The van der Waals surface area contributed by atoms with Crippen molar-refractivity contribution in [1.29, 1.82) is 0 Å². The molecule has 0 aliphatic rings. The zero-order valence-corrected chi connectivity index (χ0v) is 9.61. The summed E-state index contributed by atoms with van der Waals surface area (Å²) in [5.41, 5.74) is 7.75. The largest absolute Gasteiger partial charge is 0.364 e. The van der Waals surface area contributed by atoms with Gasteiger partial charge < -0.3 is 10.1 Å². The normalized spacial score (nSPS) is 10.9. The number of imidazole rings is 1. The van der Waals surface area contributed by atoms with Crippen LogP contribution in [0.4, 0.5) is 0 Å². The molecule has 2 N–H and O–H groups in total. The van der Waals surface area contributed by atoms with Crippen molar-refractivity contribution < 1.29 is 4.79 Å². The van der Waals surface area contributed by atoms with Crippen molar-refractivity contribution in [1.82, 2.24) is 24.4 Å². The quantitative estimate of drug-likeness (QED) is 0.696. The van der Waals surface area contributed by atoms with Crippen molar-refractivity contribution in [3.8, 4) is 11.3 Å². The molecule has 3 heterocycles. The Balaban J connectivity index is 2.13. The van der Waals surface area contributed by atoms with Gasteiger partial charge in [0, 0.05) is 25.0 Å². The van der Waals surface area contributed by atoms with Gasteiger partial charge in [-0.05, 0) is 12.1 Å². The number of nitrogens with two attached hydrogens (primary N) is 1. The highest BCUT2D eigenvalue weighted by Gasteiger charge is 2.08. The molecule has 0 unspecified atom stereocenters. The second-order valence-corrected chi connectivity index (χ2v) is 3.95. The van der Waals surface area contributed by atoms with Crippen molar-refractivity contribution >= 4 is 11.6 Å². The molecule has 3 aromatic heterocycles. The minimum atomic E-state index is -0.542. The van der Waals surface area contributed by atoms with E-state index in [4.69, 9.17) is 5.73 Å². The topological polar surface area (TPSA) is 91.1 Å². The fraction of sp³-hybridized carbons (Fsp3) is 0.0909. The van der Waals surface area contributed by atoms with E-state index in [0.717, 1.165) is 11.3 Å². The van der Waals surface area contributed by atoms with E-state index in [1.54, 1.807) is 28.4 Å². The highest BCUT2D eigenvalue weighted by atomic mass is 16.1. The van der Waals surface area contributed by atoms with Gasteiger partial charge in [0.05, 0.1) is 6.20 Å². The first kappa shape index (κ1) is 10.5. The van der Waals surface area contributed by atoms with Crippen LogP contribution in [0.15, 0.2) is 30.7 Å². The van der Waals surface area contributed by atoms with Crippen LogP contribution in [-0.2, 0) is 7.05 Å². The van der Waals surface area contributed by atoms with Gasteiger partial charge in [-0.3, -0.25) is 9.48 Å². The van der Waals surface area contributed by atoms with Gasteiger partial charge in [-0.15, -0.1) is 5.10 Å². The van der Waals surface area contributed by atoms with E-state index in [1.807, 2.05) is 18.5 Å². The predicted molar refractivity (Wildman–Crippen MR) is 63.7 cm³/mol. The maximum Gasteiger partial charge on any atom is 0.268 e. The number of rotatable bonds is 2. The van der Waals surface area contributed by atoms with Crippen LogP contribution in [0, 0.1) is 0 Å². The first-order valence-corrected chi connectivity index (χ1v) is 5.29. The Bertz CT molecular complexity index is 741. The first-order valence-electron chi connectivity index (χ1n) is 5.29. The molecule has 0 bridgehead atoms. The van der Waals surface area contributed by atoms with E-state index in [-0.39, 0.29) is 5.69 Å². The molecule has 0 spiro atoms. The summed E-state index contributed by atoms with van der Waals surface area (Å²) in [4.78, 5) is 15.1. The number of amides is 1. The van der Waals surface area contributed by atoms with Crippen LogP contribution in [0.25, 0.3) is 16.9 Å². The van der Waals surface area contributed by atoms with E-state index in [2.05, 4.69) is 15.3 Å². The Morgan fingerprint density at radius 1 is 1.28 bits per heavy atom. The number of aromatic nitrogens is 5. The number of hydrogen-bond acceptors (Lipinski definition) is 4. The molecule has 18 heavy (non-hydrogen) atoms. The van der Waals surface area contributed by atoms with E-state index in [1.165, 1.54) is 0 Å². The average Bonchev–Trinajstić information content (AvgIpc) is 2.93. The smallest absolute Gasteiger partial charge is 0.268 e. The Labute approximate surface area is 102 Å². The van der Waals surface area contributed by atoms with Crippen LogP contribution in [0.5, 0.6) is 0 Å². The lowest BCUT2D eigenvalue weighted by molar-refractivity contribution is 0.0996. The zero-order chi connectivity index (χ0) is 12.7. The third kappa shape index (κ3) is 1.61. The summed E-state index contributed by atoms with van der Waals surface area (Å²) < 4.78 is 3.37. The van der Waals surface area contributed by atoms with Crippen LogP contribution < -0.4 is 5.73 Å². The number of primary amides is 1. The summed E-state index contributed by atoms with van der Waals surface area (Å²) in [6, 6.07) is 3.67. The Hall–Kier alpha value is -2.70. The number of fused-ring (bicyclic) bond motifs is 1. The number of nitrogens with zero attached hydrogens (tertiary/aromatic N) is 5. The molecule has 0 saturated carbocycles. The molecule has 90 valence electrons. The number of aryl methyl sites for hydroxylation is 1. The van der Waals surface area contributed by atoms with Gasteiger partial charge in [-0.25, -0.2) is 4.98 Å². The van der Waals surface area contributed by atoms with Crippen molar-refractivity contribution in [2.24, 2.45) is 12.8 Å². The number of hydrogen-bond donors (Lipinski definition) is 1. The fourth-order valence-electron chi connectivity index (χ4n) is 1.74. The van der Waals surface area contributed by atoms with Crippen molar-refractivity contribution in [2.75, 3.05) is 0 Å². The lowest BCUT2D eigenvalue weighted by atomic mass is 10.2. The maximum atomic E-state index is 11.0. The maximum absolute atomic E-state index is 11.0. The molecule has 0 radical (unpaired) electrons. The predicted octanol–water partition coefficient (Wildman–Crippen LogP) is 0.229. The number of pyridine rings is 1. The fourth-order valence-corrected chi connectivity index (χ4v) is 1.74. The lowest BCUT2D eigenvalue weighted by Crippen LogP contribution is -2.10. The SMILES string of the molecule is Cn1cc(-c2ccc3nc(C(N)=O)cn3c2)nn1. The van der Waals surface area contributed by atoms with Crippen LogP contribution in [0.1, 0.15) is 10.5 Å². The van der Waals surface area contributed by atoms with Crippen molar-refractivity contribution in [3.63, 3.8) is 0 Å². The van der Waals surface area contributed by atoms with Crippen LogP contribution in [-0.4, -0.2) is 30.3 Å². The molecule has 0 atom stereocenters. The molecule has 0 fully saturated rings. The molecule has 0 aromatic carbocycles. The van der Waals surface area contributed by atoms with Crippen LogP contribution in [0.3, 0.4) is 0 Å². The average molecular weight is 242 g/mol. The van der Waals surface area contributed by atoms with Gasteiger partial charge in [-0.2, -0.15) is 0 Å². The van der Waals surface area contributed by atoms with Crippen molar-refractivity contribution in [3.05, 3.63) is 36.4 Å². The Morgan fingerprint density at radius 2 is 2.11 bits per heavy atom. The molecule has 1 amide bonds. The highest BCUT2D eigenvalue weighted by molar-refractivity contribution is 5.91. The molecule has 0 aliphatic carbocycles. The Morgan fingerprint density at radius 3 is 2.78 bits per heavy atom. The highest BCUT2D eigenvalue weighted by Crippen LogP contribution is 2.17. The van der Waals surface area contributed by atoms with Crippen LogP contribution in [0.2, 0.25) is 0 Å². The van der Waals surface area contributed by atoms with Gasteiger partial charge in [-0.1, -0.05) is 5.21 Å². The first-order chi connectivity index (χ1) is 8.63. The third-order valence-corrected chi connectivity index (χ3v) is 2.60. The summed E-state index contributed by atoms with van der Waals surface area (Å²) in [5.74, 6) is -0.542. The molecule has 3 aromatic rings. The minimum absolute atomic E-state index is 0.242. The summed E-state index contributed by atoms with van der Waals surface area (Å²) in [7, 11) is 1.80. The molecule has 7 heteroatoms. The minimum Gasteiger partial charge on any atom is -0.364 e. The lowest BCUT2D eigenvalue weighted by Gasteiger charge is -1.97. The number of carbonyl (C=O) groups excluding carboxylic acids is 1. The third-order valence-electron chi connectivity index (χ3n) is 2.60. The van der Waals surface area contributed by atoms with E-state index in [9.17, 15) is 4.79 Å². The Kier molecular flexibility index (Phi) is 2.12. The van der Waals surface area contributed by atoms with Gasteiger partial charge in [0.2, 0.25) is 0 Å². The second-order valence-electron chi connectivity index (χ2n) is 3.95. The summed E-state index contributed by atoms with van der Waals surface area (Å²) >= 11 is 0. The molecule has 7 nitrogen and oxygen atoms in total. The zero-order valence-electron chi connectivity index (χ0n) is 9.61. The van der Waals surface area contributed by atoms with E-state index < -0.39 is 5.91 Å². The second kappa shape index (κ2) is 3.66. The molecule has 0 aliphatic heterocycles.